The van der Waals surface area contributed by atoms with Gasteiger partial charge in [0, 0.05) is 23.2 Å². The summed E-state index contributed by atoms with van der Waals surface area (Å²) in [4.78, 5) is 3.51. The molecule has 0 spiro atoms. The number of aromatic nitrogens is 1. The SMILES string of the molecule is C[C@@H]1c2c([nH]c3ccccc23)CC[C@H]1CO. The first-order chi connectivity index (χ1) is 7.81. The van der Waals surface area contributed by atoms with E-state index in [1.54, 1.807) is 0 Å². The van der Waals surface area contributed by atoms with Crippen molar-refractivity contribution < 1.29 is 5.11 Å². The molecule has 1 aromatic heterocycles. The number of H-pyrrole nitrogens is 1. The third-order valence-corrected chi connectivity index (χ3v) is 3.99. The normalized spacial score (nSPS) is 24.6. The molecule has 2 atom stereocenters. The van der Waals surface area contributed by atoms with Crippen LogP contribution in [-0.2, 0) is 6.42 Å². The second-order valence-electron chi connectivity index (χ2n) is 4.83. The second kappa shape index (κ2) is 3.63. The molecule has 0 bridgehead atoms. The van der Waals surface area contributed by atoms with Gasteiger partial charge in [-0.15, -0.1) is 0 Å². The van der Waals surface area contributed by atoms with Gasteiger partial charge in [-0.05, 0) is 36.3 Å². The number of aromatic amines is 1. The number of para-hydroxylation sites is 1. The lowest BCUT2D eigenvalue weighted by Gasteiger charge is -2.27. The maximum absolute atomic E-state index is 9.39. The van der Waals surface area contributed by atoms with Crippen molar-refractivity contribution in [2.24, 2.45) is 5.92 Å². The van der Waals surface area contributed by atoms with E-state index >= 15 is 0 Å². The van der Waals surface area contributed by atoms with Crippen molar-refractivity contribution in [3.8, 4) is 0 Å². The van der Waals surface area contributed by atoms with Crippen molar-refractivity contribution in [2.45, 2.75) is 25.7 Å². The molecule has 2 heteroatoms. The predicted molar refractivity (Wildman–Crippen MR) is 65.6 cm³/mol. The summed E-state index contributed by atoms with van der Waals surface area (Å²) in [5.74, 6) is 0.886. The van der Waals surface area contributed by atoms with Crippen LogP contribution in [0.4, 0.5) is 0 Å². The molecule has 84 valence electrons. The molecule has 0 aliphatic heterocycles. The van der Waals surface area contributed by atoms with E-state index in [1.807, 2.05) is 0 Å². The van der Waals surface area contributed by atoms with Crippen LogP contribution in [-0.4, -0.2) is 16.7 Å². The fraction of sp³-hybridized carbons (Fsp3) is 0.429. The number of hydrogen-bond donors (Lipinski definition) is 2. The van der Waals surface area contributed by atoms with E-state index in [-0.39, 0.29) is 0 Å². The summed E-state index contributed by atoms with van der Waals surface area (Å²) >= 11 is 0. The van der Waals surface area contributed by atoms with Gasteiger partial charge in [0.2, 0.25) is 0 Å². The molecule has 1 aliphatic rings. The average Bonchev–Trinajstić information content (AvgIpc) is 2.68. The van der Waals surface area contributed by atoms with Crippen LogP contribution >= 0.6 is 0 Å². The van der Waals surface area contributed by atoms with Crippen molar-refractivity contribution in [1.82, 2.24) is 4.98 Å². The van der Waals surface area contributed by atoms with E-state index in [9.17, 15) is 5.11 Å². The van der Waals surface area contributed by atoms with Crippen molar-refractivity contribution in [1.29, 1.82) is 0 Å². The van der Waals surface area contributed by atoms with Gasteiger partial charge in [0.05, 0.1) is 0 Å². The summed E-state index contributed by atoms with van der Waals surface area (Å²) in [6.07, 6.45) is 2.16. The number of benzene rings is 1. The highest BCUT2D eigenvalue weighted by Crippen LogP contribution is 2.39. The van der Waals surface area contributed by atoms with E-state index in [4.69, 9.17) is 0 Å². The van der Waals surface area contributed by atoms with Gasteiger partial charge in [0.1, 0.15) is 0 Å². The van der Waals surface area contributed by atoms with Gasteiger partial charge in [-0.1, -0.05) is 25.1 Å². The zero-order chi connectivity index (χ0) is 11.1. The van der Waals surface area contributed by atoms with Crippen molar-refractivity contribution in [3.63, 3.8) is 0 Å². The number of aryl methyl sites for hydroxylation is 1. The number of hydrogen-bond acceptors (Lipinski definition) is 1. The van der Waals surface area contributed by atoms with E-state index in [0.717, 1.165) is 12.8 Å². The number of nitrogens with one attached hydrogen (secondary N) is 1. The van der Waals surface area contributed by atoms with E-state index < -0.39 is 0 Å². The van der Waals surface area contributed by atoms with E-state index in [0.29, 0.717) is 18.4 Å². The van der Waals surface area contributed by atoms with Gasteiger partial charge in [0.15, 0.2) is 0 Å². The number of rotatable bonds is 1. The molecule has 0 radical (unpaired) electrons. The Morgan fingerprint density at radius 2 is 2.19 bits per heavy atom. The Kier molecular flexibility index (Phi) is 2.25. The molecule has 1 aliphatic carbocycles. The molecular formula is C14H17NO. The van der Waals surface area contributed by atoms with Crippen LogP contribution in [0, 0.1) is 5.92 Å². The lowest BCUT2D eigenvalue weighted by atomic mass is 9.78. The van der Waals surface area contributed by atoms with E-state index in [2.05, 4.69) is 36.2 Å². The molecule has 1 heterocycles. The van der Waals surface area contributed by atoms with Crippen molar-refractivity contribution >= 4 is 10.9 Å². The first kappa shape index (κ1) is 9.91. The molecule has 1 aromatic carbocycles. The number of fused-ring (bicyclic) bond motifs is 3. The molecule has 2 N–H and O–H groups in total. The Bertz CT molecular complexity index is 514. The van der Waals surface area contributed by atoms with Crippen LogP contribution in [0.2, 0.25) is 0 Å². The minimum atomic E-state index is 0.306. The largest absolute Gasteiger partial charge is 0.396 e. The number of aliphatic hydroxyl groups is 1. The molecule has 0 amide bonds. The zero-order valence-corrected chi connectivity index (χ0v) is 9.53. The Labute approximate surface area is 95.3 Å². The Morgan fingerprint density at radius 3 is 3.00 bits per heavy atom. The first-order valence-electron chi connectivity index (χ1n) is 6.01. The van der Waals surface area contributed by atoms with Gasteiger partial charge in [0.25, 0.3) is 0 Å². The lowest BCUT2D eigenvalue weighted by Crippen LogP contribution is -2.20. The highest BCUT2D eigenvalue weighted by atomic mass is 16.3. The average molecular weight is 215 g/mol. The Balaban J connectivity index is 2.20. The zero-order valence-electron chi connectivity index (χ0n) is 9.53. The van der Waals surface area contributed by atoms with Crippen LogP contribution in [0.3, 0.4) is 0 Å². The lowest BCUT2D eigenvalue weighted by molar-refractivity contribution is 0.194. The standard InChI is InChI=1S/C14H17NO/c1-9-10(8-16)6-7-13-14(9)11-4-2-3-5-12(11)15-13/h2-5,9-10,15-16H,6-8H2,1H3/t9-,10-/m0/s1. The molecule has 16 heavy (non-hydrogen) atoms. The van der Waals surface area contributed by atoms with Crippen LogP contribution < -0.4 is 0 Å². The molecular weight excluding hydrogens is 198 g/mol. The third-order valence-electron chi connectivity index (χ3n) is 3.99. The second-order valence-corrected chi connectivity index (χ2v) is 4.83. The van der Waals surface area contributed by atoms with E-state index in [1.165, 1.54) is 22.2 Å². The fourth-order valence-corrected chi connectivity index (χ4v) is 3.00. The third kappa shape index (κ3) is 1.30. The predicted octanol–water partition coefficient (Wildman–Crippen LogP) is 2.83. The van der Waals surface area contributed by atoms with Gasteiger partial charge < -0.3 is 10.1 Å². The molecule has 2 nitrogen and oxygen atoms in total. The maximum atomic E-state index is 9.39. The fourth-order valence-electron chi connectivity index (χ4n) is 3.00. The number of aliphatic hydroxyl groups excluding tert-OH is 1. The smallest absolute Gasteiger partial charge is 0.0465 e. The quantitative estimate of drug-likeness (QED) is 0.754. The van der Waals surface area contributed by atoms with Crippen molar-refractivity contribution in [3.05, 3.63) is 35.5 Å². The van der Waals surface area contributed by atoms with Crippen LogP contribution in [0.5, 0.6) is 0 Å². The van der Waals surface area contributed by atoms with Crippen LogP contribution in [0.15, 0.2) is 24.3 Å². The maximum Gasteiger partial charge on any atom is 0.0465 e. The minimum Gasteiger partial charge on any atom is -0.396 e. The topological polar surface area (TPSA) is 36.0 Å². The summed E-state index contributed by atoms with van der Waals surface area (Å²) < 4.78 is 0. The van der Waals surface area contributed by atoms with Crippen molar-refractivity contribution in [2.75, 3.05) is 6.61 Å². The highest BCUT2D eigenvalue weighted by molar-refractivity contribution is 5.85. The molecule has 0 fully saturated rings. The Morgan fingerprint density at radius 1 is 1.38 bits per heavy atom. The molecule has 3 rings (SSSR count). The molecule has 0 saturated heterocycles. The molecule has 2 aromatic rings. The first-order valence-corrected chi connectivity index (χ1v) is 6.01. The van der Waals surface area contributed by atoms with Gasteiger partial charge in [-0.25, -0.2) is 0 Å². The summed E-state index contributed by atoms with van der Waals surface area (Å²) in [7, 11) is 0. The van der Waals surface area contributed by atoms with Gasteiger partial charge in [-0.3, -0.25) is 0 Å². The Hall–Kier alpha value is -1.28. The molecule has 0 unspecified atom stereocenters. The minimum absolute atomic E-state index is 0.306. The summed E-state index contributed by atoms with van der Waals surface area (Å²) in [6.45, 7) is 2.54. The highest BCUT2D eigenvalue weighted by Gasteiger charge is 2.28. The summed E-state index contributed by atoms with van der Waals surface area (Å²) in [5.41, 5.74) is 4.04. The van der Waals surface area contributed by atoms with Crippen LogP contribution in [0.25, 0.3) is 10.9 Å². The van der Waals surface area contributed by atoms with Crippen LogP contribution in [0.1, 0.15) is 30.5 Å². The van der Waals surface area contributed by atoms with Gasteiger partial charge >= 0.3 is 0 Å². The summed E-state index contributed by atoms with van der Waals surface area (Å²) in [6, 6.07) is 8.47. The monoisotopic (exact) mass is 215 g/mol. The summed E-state index contributed by atoms with van der Waals surface area (Å²) in [5, 5.41) is 10.7. The molecule has 0 saturated carbocycles. The van der Waals surface area contributed by atoms with Gasteiger partial charge in [-0.2, -0.15) is 0 Å².